The van der Waals surface area contributed by atoms with Crippen LogP contribution in [0.15, 0.2) is 0 Å². The average molecular weight is 218 g/mol. The van der Waals surface area contributed by atoms with Crippen molar-refractivity contribution in [2.24, 2.45) is 5.92 Å². The lowest BCUT2D eigenvalue weighted by Crippen LogP contribution is -2.14. The third-order valence-corrected chi connectivity index (χ3v) is 4.45. The van der Waals surface area contributed by atoms with Gasteiger partial charge in [0.25, 0.3) is 0 Å². The van der Waals surface area contributed by atoms with Gasteiger partial charge in [-0.2, -0.15) is 25.3 Å². The van der Waals surface area contributed by atoms with E-state index in [2.05, 4.69) is 25.3 Å². The number of carbonyl (C=O) groups is 1. The first kappa shape index (κ1) is 11.4. The Morgan fingerprint density at radius 3 is 2.54 bits per heavy atom. The molecular formula is C10H18OS2. The average Bonchev–Trinajstić information content (AvgIpc) is 2.43. The molecule has 0 saturated heterocycles. The molecule has 76 valence electrons. The van der Waals surface area contributed by atoms with Crippen molar-refractivity contribution in [2.75, 3.05) is 0 Å². The van der Waals surface area contributed by atoms with E-state index in [4.69, 9.17) is 0 Å². The molecule has 3 unspecified atom stereocenters. The molecule has 1 fully saturated rings. The smallest absolute Gasteiger partial charge is 0.119 e. The maximum atomic E-state index is 10.1. The zero-order valence-electron chi connectivity index (χ0n) is 7.85. The van der Waals surface area contributed by atoms with E-state index in [1.54, 1.807) is 0 Å². The van der Waals surface area contributed by atoms with Crippen molar-refractivity contribution in [2.45, 2.75) is 49.0 Å². The van der Waals surface area contributed by atoms with E-state index in [0.29, 0.717) is 16.9 Å². The molecule has 0 aromatic heterocycles. The van der Waals surface area contributed by atoms with E-state index in [1.165, 1.54) is 25.7 Å². The molecule has 0 N–H and O–H groups in total. The Morgan fingerprint density at radius 2 is 2.00 bits per heavy atom. The number of carbonyl (C=O) groups excluding carboxylic acids is 1. The van der Waals surface area contributed by atoms with Gasteiger partial charge in [0.1, 0.15) is 6.29 Å². The summed E-state index contributed by atoms with van der Waals surface area (Å²) < 4.78 is 0. The second-order valence-electron chi connectivity index (χ2n) is 3.85. The van der Waals surface area contributed by atoms with Gasteiger partial charge in [-0.1, -0.05) is 6.42 Å². The maximum Gasteiger partial charge on any atom is 0.119 e. The first-order chi connectivity index (χ1) is 6.25. The van der Waals surface area contributed by atoms with E-state index >= 15 is 0 Å². The zero-order valence-corrected chi connectivity index (χ0v) is 9.64. The maximum absolute atomic E-state index is 10.1. The Balaban J connectivity index is 2.11. The number of hydrogen-bond donors (Lipinski definition) is 2. The quantitative estimate of drug-likeness (QED) is 0.412. The fourth-order valence-electron chi connectivity index (χ4n) is 1.99. The van der Waals surface area contributed by atoms with Crippen LogP contribution in [0.1, 0.15) is 38.5 Å². The van der Waals surface area contributed by atoms with Crippen LogP contribution in [0.3, 0.4) is 0 Å². The molecule has 1 aliphatic carbocycles. The molecule has 1 aliphatic rings. The van der Waals surface area contributed by atoms with Gasteiger partial charge in [-0.15, -0.1) is 0 Å². The van der Waals surface area contributed by atoms with Gasteiger partial charge < -0.3 is 4.79 Å². The molecular weight excluding hydrogens is 200 g/mol. The van der Waals surface area contributed by atoms with Crippen LogP contribution in [0.2, 0.25) is 0 Å². The predicted molar refractivity (Wildman–Crippen MR) is 62.8 cm³/mol. The summed E-state index contributed by atoms with van der Waals surface area (Å²) >= 11 is 9.04. The Kier molecular flexibility index (Phi) is 5.25. The van der Waals surface area contributed by atoms with Crippen LogP contribution in [0.25, 0.3) is 0 Å². The lowest BCUT2D eigenvalue weighted by molar-refractivity contribution is -0.107. The molecule has 3 atom stereocenters. The topological polar surface area (TPSA) is 17.1 Å². The van der Waals surface area contributed by atoms with Crippen molar-refractivity contribution < 1.29 is 4.79 Å². The fourth-order valence-corrected chi connectivity index (χ4v) is 2.83. The molecule has 0 radical (unpaired) electrons. The highest BCUT2D eigenvalue weighted by molar-refractivity contribution is 7.85. The summed E-state index contributed by atoms with van der Waals surface area (Å²) in [6.45, 7) is 0. The van der Waals surface area contributed by atoms with Gasteiger partial charge in [0, 0.05) is 16.9 Å². The molecule has 0 aliphatic heterocycles. The van der Waals surface area contributed by atoms with Crippen LogP contribution in [0, 0.1) is 5.92 Å². The third kappa shape index (κ3) is 3.55. The molecule has 1 saturated carbocycles. The van der Waals surface area contributed by atoms with Gasteiger partial charge in [-0.3, -0.25) is 0 Å². The van der Waals surface area contributed by atoms with Gasteiger partial charge in [-0.25, -0.2) is 0 Å². The lowest BCUT2D eigenvalue weighted by atomic mass is 10.00. The molecule has 1 rings (SSSR count). The molecule has 1 nitrogen and oxygen atoms in total. The van der Waals surface area contributed by atoms with Crippen LogP contribution < -0.4 is 0 Å². The molecule has 13 heavy (non-hydrogen) atoms. The summed E-state index contributed by atoms with van der Waals surface area (Å²) in [7, 11) is 0. The molecule has 0 amide bonds. The minimum absolute atomic E-state index is 0.472. The standard InChI is InChI=1S/C10H18OS2/c11-7-3-1-2-4-8-5-6-9(12)10(8)13/h7-10,12-13H,1-6H2. The number of unbranched alkanes of at least 4 members (excludes halogenated alkanes) is 2. The van der Waals surface area contributed by atoms with Crippen molar-refractivity contribution in [1.82, 2.24) is 0 Å². The molecule has 3 heteroatoms. The van der Waals surface area contributed by atoms with E-state index in [1.807, 2.05) is 0 Å². The Morgan fingerprint density at radius 1 is 1.23 bits per heavy atom. The summed E-state index contributed by atoms with van der Waals surface area (Å²) in [6, 6.07) is 0. The normalized spacial score (nSPS) is 33.5. The van der Waals surface area contributed by atoms with Crippen molar-refractivity contribution in [3.05, 3.63) is 0 Å². The number of thiol groups is 2. The highest BCUT2D eigenvalue weighted by Crippen LogP contribution is 2.36. The summed E-state index contributed by atoms with van der Waals surface area (Å²) in [5, 5.41) is 0.957. The molecule has 0 aromatic carbocycles. The van der Waals surface area contributed by atoms with E-state index in [-0.39, 0.29) is 0 Å². The fraction of sp³-hybridized carbons (Fsp3) is 0.900. The lowest BCUT2D eigenvalue weighted by Gasteiger charge is -2.16. The first-order valence-electron chi connectivity index (χ1n) is 5.05. The minimum atomic E-state index is 0.472. The van der Waals surface area contributed by atoms with Crippen molar-refractivity contribution >= 4 is 31.5 Å². The molecule has 0 spiro atoms. The van der Waals surface area contributed by atoms with Crippen LogP contribution in [0.4, 0.5) is 0 Å². The van der Waals surface area contributed by atoms with Crippen LogP contribution in [-0.2, 0) is 4.79 Å². The first-order valence-corrected chi connectivity index (χ1v) is 6.08. The largest absolute Gasteiger partial charge is 0.303 e. The van der Waals surface area contributed by atoms with Crippen LogP contribution in [0.5, 0.6) is 0 Å². The van der Waals surface area contributed by atoms with Gasteiger partial charge >= 0.3 is 0 Å². The summed E-state index contributed by atoms with van der Waals surface area (Å²) in [4.78, 5) is 10.1. The second kappa shape index (κ2) is 5.97. The minimum Gasteiger partial charge on any atom is -0.303 e. The van der Waals surface area contributed by atoms with Gasteiger partial charge in [0.15, 0.2) is 0 Å². The molecule has 0 heterocycles. The zero-order chi connectivity index (χ0) is 9.68. The molecule has 0 bridgehead atoms. The van der Waals surface area contributed by atoms with E-state index < -0.39 is 0 Å². The second-order valence-corrected chi connectivity index (χ2v) is 5.11. The van der Waals surface area contributed by atoms with Crippen LogP contribution >= 0.6 is 25.3 Å². The van der Waals surface area contributed by atoms with Gasteiger partial charge in [0.2, 0.25) is 0 Å². The van der Waals surface area contributed by atoms with Crippen molar-refractivity contribution in [3.8, 4) is 0 Å². The number of rotatable bonds is 5. The van der Waals surface area contributed by atoms with Crippen LogP contribution in [-0.4, -0.2) is 16.8 Å². The Labute approximate surface area is 91.5 Å². The number of aldehydes is 1. The van der Waals surface area contributed by atoms with Crippen molar-refractivity contribution in [1.29, 1.82) is 0 Å². The van der Waals surface area contributed by atoms with Gasteiger partial charge in [-0.05, 0) is 31.6 Å². The van der Waals surface area contributed by atoms with E-state index in [0.717, 1.165) is 18.6 Å². The molecule has 0 aromatic rings. The predicted octanol–water partition coefficient (Wildman–Crippen LogP) is 2.75. The number of hydrogen-bond acceptors (Lipinski definition) is 3. The monoisotopic (exact) mass is 218 g/mol. The Hall–Kier alpha value is 0.370. The third-order valence-electron chi connectivity index (χ3n) is 2.86. The highest BCUT2D eigenvalue weighted by Gasteiger charge is 2.30. The van der Waals surface area contributed by atoms with Gasteiger partial charge in [0.05, 0.1) is 0 Å². The summed E-state index contributed by atoms with van der Waals surface area (Å²) in [5.74, 6) is 0.734. The Bertz CT molecular complexity index is 161. The summed E-state index contributed by atoms with van der Waals surface area (Å²) in [5.41, 5.74) is 0. The summed E-state index contributed by atoms with van der Waals surface area (Å²) in [6.07, 6.45) is 7.62. The van der Waals surface area contributed by atoms with Crippen molar-refractivity contribution in [3.63, 3.8) is 0 Å². The SMILES string of the molecule is O=CCCCCC1CCC(S)C1S. The highest BCUT2D eigenvalue weighted by atomic mass is 32.1. The van der Waals surface area contributed by atoms with E-state index in [9.17, 15) is 4.79 Å².